The average Bonchev–Trinajstić information content (AvgIpc) is 3.28. The van der Waals surface area contributed by atoms with Crippen LogP contribution in [0.2, 0.25) is 0 Å². The van der Waals surface area contributed by atoms with Crippen LogP contribution in [0, 0.1) is 0 Å². The van der Waals surface area contributed by atoms with E-state index in [9.17, 15) is 4.79 Å². The first-order valence-corrected chi connectivity index (χ1v) is 8.12. The van der Waals surface area contributed by atoms with Crippen LogP contribution in [0.25, 0.3) is 0 Å². The van der Waals surface area contributed by atoms with E-state index in [1.165, 1.54) is 0 Å². The molecular formula is C16H20N6O. The smallest absolute Gasteiger partial charge is 0.227 e. The van der Waals surface area contributed by atoms with E-state index in [-0.39, 0.29) is 5.91 Å². The first kappa shape index (κ1) is 14.3. The summed E-state index contributed by atoms with van der Waals surface area (Å²) >= 11 is 0. The van der Waals surface area contributed by atoms with Gasteiger partial charge < -0.3 is 4.90 Å². The van der Waals surface area contributed by atoms with E-state index in [2.05, 4.69) is 20.0 Å². The largest absolute Gasteiger partial charge is 0.309 e. The highest BCUT2D eigenvalue weighted by Gasteiger charge is 2.27. The number of nitrogens with zero attached hydrogens (tertiary/aromatic N) is 6. The van der Waals surface area contributed by atoms with Crippen molar-refractivity contribution in [2.45, 2.75) is 31.8 Å². The Balaban J connectivity index is 1.40. The summed E-state index contributed by atoms with van der Waals surface area (Å²) in [7, 11) is 0. The minimum Gasteiger partial charge on any atom is -0.309 e. The molecule has 0 spiro atoms. The summed E-state index contributed by atoms with van der Waals surface area (Å²) < 4.78 is 2.01. The third kappa shape index (κ3) is 2.96. The molecule has 2 aliphatic heterocycles. The van der Waals surface area contributed by atoms with Gasteiger partial charge in [0.1, 0.15) is 5.82 Å². The fraction of sp³-hybridized carbons (Fsp3) is 0.500. The zero-order valence-corrected chi connectivity index (χ0v) is 13.0. The van der Waals surface area contributed by atoms with E-state index in [0.717, 1.165) is 50.5 Å². The minimum atomic E-state index is 0.207. The highest BCUT2D eigenvalue weighted by Crippen LogP contribution is 2.26. The van der Waals surface area contributed by atoms with Crippen LogP contribution in [-0.4, -0.2) is 50.2 Å². The van der Waals surface area contributed by atoms with Crippen LogP contribution in [0.15, 0.2) is 30.9 Å². The van der Waals surface area contributed by atoms with Gasteiger partial charge in [-0.2, -0.15) is 5.10 Å². The number of carbonyl (C=O) groups is 1. The first-order chi connectivity index (χ1) is 11.3. The van der Waals surface area contributed by atoms with E-state index >= 15 is 0 Å². The van der Waals surface area contributed by atoms with Crippen LogP contribution in [0.3, 0.4) is 0 Å². The number of amides is 1. The molecule has 120 valence electrons. The Hall–Kier alpha value is -2.28. The Kier molecular flexibility index (Phi) is 3.78. The van der Waals surface area contributed by atoms with Gasteiger partial charge in [-0.05, 0) is 18.9 Å². The second kappa shape index (κ2) is 6.08. The van der Waals surface area contributed by atoms with Crippen molar-refractivity contribution in [3.8, 4) is 0 Å². The molecule has 1 unspecified atom stereocenters. The zero-order chi connectivity index (χ0) is 15.6. The average molecular weight is 312 g/mol. The van der Waals surface area contributed by atoms with Gasteiger partial charge in [-0.3, -0.25) is 14.4 Å². The van der Waals surface area contributed by atoms with Crippen LogP contribution in [0.5, 0.6) is 0 Å². The number of anilines is 1. The number of rotatable bonds is 4. The summed E-state index contributed by atoms with van der Waals surface area (Å²) in [6, 6.07) is 2.19. The third-order valence-corrected chi connectivity index (χ3v) is 4.58. The molecule has 0 radical (unpaired) electrons. The summed E-state index contributed by atoms with van der Waals surface area (Å²) in [5.41, 5.74) is 0.928. The van der Waals surface area contributed by atoms with Crippen LogP contribution < -0.4 is 4.90 Å². The molecule has 2 saturated heterocycles. The molecule has 1 amide bonds. The number of carbonyl (C=O) groups excluding carboxylic acids is 1. The van der Waals surface area contributed by atoms with E-state index in [0.29, 0.717) is 12.5 Å². The lowest BCUT2D eigenvalue weighted by Crippen LogP contribution is -2.23. The second-order valence-electron chi connectivity index (χ2n) is 6.17. The molecule has 0 bridgehead atoms. The van der Waals surface area contributed by atoms with Crippen LogP contribution in [0.4, 0.5) is 5.69 Å². The lowest BCUT2D eigenvalue weighted by molar-refractivity contribution is -0.117. The van der Waals surface area contributed by atoms with Crippen LogP contribution in [0.1, 0.15) is 31.1 Å². The lowest BCUT2D eigenvalue weighted by Gasteiger charge is -2.15. The van der Waals surface area contributed by atoms with E-state index in [1.54, 1.807) is 12.4 Å². The summed E-state index contributed by atoms with van der Waals surface area (Å²) in [5, 5.41) is 4.48. The minimum absolute atomic E-state index is 0.207. The van der Waals surface area contributed by atoms with Crippen LogP contribution in [-0.2, 0) is 11.3 Å². The Morgan fingerprint density at radius 3 is 2.87 bits per heavy atom. The topological polar surface area (TPSA) is 67.2 Å². The van der Waals surface area contributed by atoms with Gasteiger partial charge in [-0.15, -0.1) is 0 Å². The van der Waals surface area contributed by atoms with E-state index in [4.69, 9.17) is 0 Å². The summed E-state index contributed by atoms with van der Waals surface area (Å²) in [6.45, 7) is 3.54. The highest BCUT2D eigenvalue weighted by molar-refractivity contribution is 5.95. The van der Waals surface area contributed by atoms with Gasteiger partial charge in [-0.25, -0.2) is 9.97 Å². The van der Waals surface area contributed by atoms with E-state index in [1.807, 2.05) is 28.0 Å². The van der Waals surface area contributed by atoms with Gasteiger partial charge in [0.15, 0.2) is 0 Å². The summed E-state index contributed by atoms with van der Waals surface area (Å²) in [5.74, 6) is 1.07. The molecule has 7 nitrogen and oxygen atoms in total. The number of aromatic nitrogens is 4. The molecule has 2 aromatic heterocycles. The molecular weight excluding hydrogens is 292 g/mol. The molecule has 4 rings (SSSR count). The van der Waals surface area contributed by atoms with Crippen molar-refractivity contribution >= 4 is 11.6 Å². The first-order valence-electron chi connectivity index (χ1n) is 8.12. The van der Waals surface area contributed by atoms with Gasteiger partial charge in [0.25, 0.3) is 0 Å². The number of hydrogen-bond acceptors (Lipinski definition) is 5. The van der Waals surface area contributed by atoms with Crippen molar-refractivity contribution in [1.29, 1.82) is 0 Å². The molecule has 0 saturated carbocycles. The molecule has 0 aliphatic carbocycles. The van der Waals surface area contributed by atoms with Gasteiger partial charge in [-0.1, -0.05) is 0 Å². The Morgan fingerprint density at radius 1 is 1.22 bits per heavy atom. The lowest BCUT2D eigenvalue weighted by atomic mass is 10.3. The van der Waals surface area contributed by atoms with Crippen LogP contribution >= 0.6 is 0 Å². The highest BCUT2D eigenvalue weighted by atomic mass is 16.2. The molecule has 2 aromatic rings. The maximum absolute atomic E-state index is 11.8. The molecule has 2 fully saturated rings. The summed E-state index contributed by atoms with van der Waals surface area (Å²) in [4.78, 5) is 24.6. The standard InChI is InChI=1S/C16H20N6O/c23-16-3-1-7-21(16)14-9-19-22(11-14)13-4-8-20(10-13)12-15-17-5-2-6-18-15/h2,5-6,9,11,13H,1,3-4,7-8,10,12H2. The van der Waals surface area contributed by atoms with Crippen molar-refractivity contribution in [3.63, 3.8) is 0 Å². The van der Waals surface area contributed by atoms with Gasteiger partial charge in [0.05, 0.1) is 24.5 Å². The Bertz CT molecular complexity index is 685. The van der Waals surface area contributed by atoms with Crippen molar-refractivity contribution in [2.24, 2.45) is 0 Å². The summed E-state index contributed by atoms with van der Waals surface area (Å²) in [6.07, 6.45) is 10.0. The van der Waals surface area contributed by atoms with Crippen molar-refractivity contribution < 1.29 is 4.79 Å². The molecule has 1 atom stereocenters. The maximum Gasteiger partial charge on any atom is 0.227 e. The maximum atomic E-state index is 11.8. The molecule has 0 aromatic carbocycles. The fourth-order valence-corrected chi connectivity index (χ4v) is 3.37. The quantitative estimate of drug-likeness (QED) is 0.850. The normalized spacial score (nSPS) is 22.2. The Labute approximate surface area is 134 Å². The van der Waals surface area contributed by atoms with Gasteiger partial charge >= 0.3 is 0 Å². The predicted molar refractivity (Wildman–Crippen MR) is 84.8 cm³/mol. The molecule has 23 heavy (non-hydrogen) atoms. The number of hydrogen-bond donors (Lipinski definition) is 0. The molecule has 2 aliphatic rings. The molecule has 7 heteroatoms. The fourth-order valence-electron chi connectivity index (χ4n) is 3.37. The monoisotopic (exact) mass is 312 g/mol. The molecule has 4 heterocycles. The van der Waals surface area contributed by atoms with Gasteiger partial charge in [0.2, 0.25) is 5.91 Å². The SMILES string of the molecule is O=C1CCCN1c1cnn(C2CCN(Cc3ncccn3)C2)c1. The van der Waals surface area contributed by atoms with Gasteiger partial charge in [0, 0.05) is 44.6 Å². The van der Waals surface area contributed by atoms with Crippen molar-refractivity contribution in [2.75, 3.05) is 24.5 Å². The number of likely N-dealkylation sites (tertiary alicyclic amines) is 1. The van der Waals surface area contributed by atoms with E-state index < -0.39 is 0 Å². The zero-order valence-electron chi connectivity index (χ0n) is 13.0. The Morgan fingerprint density at radius 2 is 2.09 bits per heavy atom. The third-order valence-electron chi connectivity index (χ3n) is 4.58. The second-order valence-corrected chi connectivity index (χ2v) is 6.17. The predicted octanol–water partition coefficient (Wildman–Crippen LogP) is 1.25. The van der Waals surface area contributed by atoms with Crippen molar-refractivity contribution in [1.82, 2.24) is 24.6 Å². The van der Waals surface area contributed by atoms with Crippen molar-refractivity contribution in [3.05, 3.63) is 36.7 Å². The molecule has 0 N–H and O–H groups in total.